The third-order valence-corrected chi connectivity index (χ3v) is 3.10. The summed E-state index contributed by atoms with van der Waals surface area (Å²) >= 11 is 0. The maximum atomic E-state index is 11.6. The molecule has 0 aromatic carbocycles. The third-order valence-electron chi connectivity index (χ3n) is 2.62. The minimum atomic E-state index is -4.36. The number of aromatic nitrogens is 2. The maximum Gasteiger partial charge on any atom is 0.351 e. The van der Waals surface area contributed by atoms with E-state index in [9.17, 15) is 14.5 Å². The summed E-state index contributed by atoms with van der Waals surface area (Å²) < 4.78 is 21.8. The zero-order valence-electron chi connectivity index (χ0n) is 10.2. The van der Waals surface area contributed by atoms with Crippen molar-refractivity contribution in [1.82, 2.24) is 9.55 Å². The quantitative estimate of drug-likeness (QED) is 0.490. The molecule has 1 aromatic heterocycles. The number of nitrogens with zero attached hydrogens (tertiary/aromatic N) is 2. The van der Waals surface area contributed by atoms with Crippen molar-refractivity contribution in [3.63, 3.8) is 0 Å². The van der Waals surface area contributed by atoms with Crippen LogP contribution in [0.4, 0.5) is 5.82 Å². The molecule has 0 unspecified atom stereocenters. The van der Waals surface area contributed by atoms with Crippen LogP contribution < -0.4 is 11.4 Å². The van der Waals surface area contributed by atoms with E-state index >= 15 is 0 Å². The van der Waals surface area contributed by atoms with Crippen molar-refractivity contribution in [1.29, 1.82) is 0 Å². The lowest BCUT2D eigenvalue weighted by molar-refractivity contribution is -0.168. The van der Waals surface area contributed by atoms with Crippen molar-refractivity contribution in [2.24, 2.45) is 0 Å². The SMILES string of the molecule is Nc1ccn([C@H]2C[C@H](O)[C@@H](OCP(=O)(O)O)O2)c(=O)n1. The molecule has 20 heavy (non-hydrogen) atoms. The lowest BCUT2D eigenvalue weighted by Gasteiger charge is -2.16. The molecular formula is C9H14N3O7P. The van der Waals surface area contributed by atoms with Crippen LogP contribution in [0.3, 0.4) is 0 Å². The first-order valence-corrected chi connectivity index (χ1v) is 7.40. The molecule has 112 valence electrons. The summed E-state index contributed by atoms with van der Waals surface area (Å²) in [6, 6.07) is 1.39. The van der Waals surface area contributed by atoms with Gasteiger partial charge in [0.15, 0.2) is 12.6 Å². The standard InChI is InChI=1S/C9H14N3O7P/c10-6-1-2-12(9(14)11-6)7-3-5(13)8(19-7)18-4-20(15,16)17/h1-2,5,7-8,13H,3-4H2,(H2,10,11,14)(H2,15,16,17)/t5-,7+,8-/m0/s1. The first-order valence-electron chi connectivity index (χ1n) is 5.60. The number of nitrogen functional groups attached to an aromatic ring is 1. The van der Waals surface area contributed by atoms with E-state index in [1.165, 1.54) is 12.3 Å². The fourth-order valence-corrected chi connectivity index (χ4v) is 2.10. The average molecular weight is 307 g/mol. The van der Waals surface area contributed by atoms with Gasteiger partial charge in [-0.25, -0.2) is 4.79 Å². The second-order valence-corrected chi connectivity index (χ2v) is 5.85. The number of rotatable bonds is 4. The number of hydrogen-bond donors (Lipinski definition) is 4. The summed E-state index contributed by atoms with van der Waals surface area (Å²) in [6.07, 6.45) is -2.68. The van der Waals surface area contributed by atoms with E-state index in [4.69, 9.17) is 25.0 Å². The highest BCUT2D eigenvalue weighted by Gasteiger charge is 2.37. The molecule has 1 aliphatic heterocycles. The highest BCUT2D eigenvalue weighted by Crippen LogP contribution is 2.37. The monoisotopic (exact) mass is 307 g/mol. The summed E-state index contributed by atoms with van der Waals surface area (Å²) in [4.78, 5) is 32.5. The molecule has 3 atom stereocenters. The predicted molar refractivity (Wildman–Crippen MR) is 65.4 cm³/mol. The Morgan fingerprint density at radius 3 is 2.90 bits per heavy atom. The van der Waals surface area contributed by atoms with Crippen LogP contribution in [0.2, 0.25) is 0 Å². The largest absolute Gasteiger partial charge is 0.388 e. The second kappa shape index (κ2) is 5.60. The minimum absolute atomic E-state index is 0.0251. The molecule has 1 aliphatic rings. The third kappa shape index (κ3) is 3.63. The molecule has 0 amide bonds. The van der Waals surface area contributed by atoms with Crippen LogP contribution >= 0.6 is 7.60 Å². The van der Waals surface area contributed by atoms with Crippen LogP contribution in [0.1, 0.15) is 12.6 Å². The van der Waals surface area contributed by atoms with Crippen molar-refractivity contribution >= 4 is 13.4 Å². The molecule has 2 rings (SSSR count). The number of nitrogens with two attached hydrogens (primary N) is 1. The molecule has 1 fully saturated rings. The van der Waals surface area contributed by atoms with Crippen LogP contribution in [0.25, 0.3) is 0 Å². The van der Waals surface area contributed by atoms with E-state index in [-0.39, 0.29) is 12.2 Å². The van der Waals surface area contributed by atoms with Gasteiger partial charge in [-0.2, -0.15) is 4.98 Å². The minimum Gasteiger partial charge on any atom is -0.388 e. The molecule has 0 radical (unpaired) electrons. The Kier molecular flexibility index (Phi) is 4.23. The Labute approximate surface area is 112 Å². The van der Waals surface area contributed by atoms with Gasteiger partial charge in [-0.3, -0.25) is 9.13 Å². The fourth-order valence-electron chi connectivity index (χ4n) is 1.76. The molecule has 0 aliphatic carbocycles. The maximum absolute atomic E-state index is 11.6. The molecule has 1 aromatic rings. The summed E-state index contributed by atoms with van der Waals surface area (Å²) in [5.41, 5.74) is 4.70. The molecule has 0 bridgehead atoms. The predicted octanol–water partition coefficient (Wildman–Crippen LogP) is -1.42. The van der Waals surface area contributed by atoms with Gasteiger partial charge in [0.1, 0.15) is 18.1 Å². The van der Waals surface area contributed by atoms with Crippen molar-refractivity contribution in [3.05, 3.63) is 22.7 Å². The van der Waals surface area contributed by atoms with Crippen LogP contribution in [-0.4, -0.2) is 43.2 Å². The van der Waals surface area contributed by atoms with Crippen molar-refractivity contribution < 1.29 is 28.9 Å². The van der Waals surface area contributed by atoms with Gasteiger partial charge in [-0.05, 0) is 6.07 Å². The van der Waals surface area contributed by atoms with Gasteiger partial charge >= 0.3 is 13.3 Å². The summed E-state index contributed by atoms with van der Waals surface area (Å²) in [5, 5.41) is 9.70. The Bertz CT molecular complexity index is 585. The molecule has 11 heteroatoms. The first kappa shape index (κ1) is 15.1. The van der Waals surface area contributed by atoms with E-state index in [0.717, 1.165) is 4.57 Å². The van der Waals surface area contributed by atoms with Gasteiger partial charge in [0.25, 0.3) is 0 Å². The number of aliphatic hydroxyl groups is 1. The topological polar surface area (TPSA) is 157 Å². The fraction of sp³-hybridized carbons (Fsp3) is 0.556. The highest BCUT2D eigenvalue weighted by atomic mass is 31.2. The number of anilines is 1. The van der Waals surface area contributed by atoms with Crippen molar-refractivity contribution in [2.75, 3.05) is 12.1 Å². The van der Waals surface area contributed by atoms with Gasteiger partial charge in [0.05, 0.1) is 0 Å². The molecule has 10 nitrogen and oxygen atoms in total. The van der Waals surface area contributed by atoms with Crippen LogP contribution in [0.15, 0.2) is 17.1 Å². The lowest BCUT2D eigenvalue weighted by Crippen LogP contribution is -2.28. The molecule has 5 N–H and O–H groups in total. The highest BCUT2D eigenvalue weighted by molar-refractivity contribution is 7.51. The van der Waals surface area contributed by atoms with Gasteiger partial charge in [0, 0.05) is 12.6 Å². The summed E-state index contributed by atoms with van der Waals surface area (Å²) in [5.74, 6) is 0.0547. The van der Waals surface area contributed by atoms with E-state index in [2.05, 4.69) is 4.98 Å². The summed E-state index contributed by atoms with van der Waals surface area (Å²) in [7, 11) is -4.36. The Balaban J connectivity index is 2.06. The Hall–Kier alpha value is -1.29. The van der Waals surface area contributed by atoms with E-state index in [1.54, 1.807) is 0 Å². The Morgan fingerprint density at radius 1 is 1.60 bits per heavy atom. The average Bonchev–Trinajstić information content (AvgIpc) is 2.67. The zero-order valence-corrected chi connectivity index (χ0v) is 11.1. The van der Waals surface area contributed by atoms with Crippen LogP contribution in [-0.2, 0) is 14.0 Å². The zero-order chi connectivity index (χ0) is 14.9. The van der Waals surface area contributed by atoms with Gasteiger partial charge in [-0.15, -0.1) is 0 Å². The lowest BCUT2D eigenvalue weighted by atomic mass is 10.2. The van der Waals surface area contributed by atoms with E-state index in [1.807, 2.05) is 0 Å². The number of hydrogen-bond acceptors (Lipinski definition) is 7. The molecule has 0 spiro atoms. The smallest absolute Gasteiger partial charge is 0.351 e. The van der Waals surface area contributed by atoms with E-state index in [0.29, 0.717) is 0 Å². The van der Waals surface area contributed by atoms with Gasteiger partial charge in [-0.1, -0.05) is 0 Å². The van der Waals surface area contributed by atoms with Gasteiger partial charge < -0.3 is 30.1 Å². The molecule has 2 heterocycles. The summed E-state index contributed by atoms with van der Waals surface area (Å²) in [6.45, 7) is 0. The number of ether oxygens (including phenoxy) is 2. The van der Waals surface area contributed by atoms with E-state index < -0.39 is 38.3 Å². The molecule has 1 saturated heterocycles. The van der Waals surface area contributed by atoms with Crippen molar-refractivity contribution in [2.45, 2.75) is 25.0 Å². The second-order valence-electron chi connectivity index (χ2n) is 4.26. The van der Waals surface area contributed by atoms with Gasteiger partial charge in [0.2, 0.25) is 0 Å². The van der Waals surface area contributed by atoms with Crippen molar-refractivity contribution in [3.8, 4) is 0 Å². The first-order chi connectivity index (χ1) is 9.26. The molecular weight excluding hydrogens is 293 g/mol. The Morgan fingerprint density at radius 2 is 2.30 bits per heavy atom. The molecule has 0 saturated carbocycles. The van der Waals surface area contributed by atoms with Crippen LogP contribution in [0, 0.1) is 0 Å². The van der Waals surface area contributed by atoms with Crippen LogP contribution in [0.5, 0.6) is 0 Å². The normalized spacial score (nSPS) is 26.9. The number of aliphatic hydroxyl groups excluding tert-OH is 1.